The van der Waals surface area contributed by atoms with Crippen LogP contribution in [0.2, 0.25) is 0 Å². The monoisotopic (exact) mass is 313 g/mol. The molecule has 0 unspecified atom stereocenters. The van der Waals surface area contributed by atoms with Crippen LogP contribution in [0.5, 0.6) is 0 Å². The number of amides is 1. The minimum absolute atomic E-state index is 0.169. The van der Waals surface area contributed by atoms with E-state index in [0.29, 0.717) is 28.6 Å². The van der Waals surface area contributed by atoms with E-state index in [2.05, 4.69) is 25.7 Å². The Bertz CT molecular complexity index is 581. The van der Waals surface area contributed by atoms with Crippen molar-refractivity contribution in [3.63, 3.8) is 0 Å². The molecule has 1 amide bonds. The molecule has 0 saturated heterocycles. The molecule has 0 aliphatic carbocycles. The van der Waals surface area contributed by atoms with Gasteiger partial charge in [-0.3, -0.25) is 10.1 Å². The van der Waals surface area contributed by atoms with E-state index in [4.69, 9.17) is 4.42 Å². The van der Waals surface area contributed by atoms with Crippen molar-refractivity contribution in [3.8, 4) is 0 Å². The fourth-order valence-corrected chi connectivity index (χ4v) is 2.58. The molecule has 2 aromatic rings. The molecule has 7 nitrogen and oxygen atoms in total. The highest BCUT2D eigenvalue weighted by Gasteiger charge is 2.12. The largest absolute Gasteiger partial charge is 0.416 e. The first-order valence-corrected chi connectivity index (χ1v) is 7.97. The van der Waals surface area contributed by atoms with Gasteiger partial charge in [0.25, 0.3) is 5.22 Å². The molecule has 0 saturated carbocycles. The van der Waals surface area contributed by atoms with E-state index >= 15 is 0 Å². The zero-order valence-corrected chi connectivity index (χ0v) is 13.0. The van der Waals surface area contributed by atoms with Crippen LogP contribution >= 0.6 is 23.1 Å². The zero-order valence-electron chi connectivity index (χ0n) is 11.4. The summed E-state index contributed by atoms with van der Waals surface area (Å²) in [5, 5.41) is 20.1. The Labute approximate surface area is 124 Å². The normalized spacial score (nSPS) is 11.0. The van der Waals surface area contributed by atoms with E-state index in [9.17, 15) is 4.79 Å². The van der Waals surface area contributed by atoms with Crippen molar-refractivity contribution in [3.05, 3.63) is 10.9 Å². The second-order valence-electron chi connectivity index (χ2n) is 4.25. The lowest BCUT2D eigenvalue weighted by molar-refractivity contribution is -0.113. The summed E-state index contributed by atoms with van der Waals surface area (Å²) in [5.74, 6) is 0.900. The van der Waals surface area contributed by atoms with Gasteiger partial charge in [-0.1, -0.05) is 43.9 Å². The van der Waals surface area contributed by atoms with E-state index in [-0.39, 0.29) is 11.7 Å². The minimum Gasteiger partial charge on any atom is -0.416 e. The third-order valence-corrected chi connectivity index (χ3v) is 4.22. The Kier molecular flexibility index (Phi) is 5.07. The number of rotatable bonds is 6. The number of hydrogen-bond donors (Lipinski definition) is 1. The van der Waals surface area contributed by atoms with Crippen LogP contribution in [0.1, 0.15) is 37.6 Å². The maximum absolute atomic E-state index is 11.8. The molecule has 0 radical (unpaired) electrons. The maximum Gasteiger partial charge on any atom is 0.277 e. The number of nitrogens with one attached hydrogen (secondary N) is 1. The van der Waals surface area contributed by atoms with Gasteiger partial charge in [0, 0.05) is 12.3 Å². The molecular formula is C11H15N5O2S2. The zero-order chi connectivity index (χ0) is 14.5. The van der Waals surface area contributed by atoms with Crippen LogP contribution in [0.15, 0.2) is 9.64 Å². The van der Waals surface area contributed by atoms with Gasteiger partial charge in [-0.15, -0.1) is 20.4 Å². The van der Waals surface area contributed by atoms with Crippen LogP contribution in [-0.2, 0) is 11.2 Å². The minimum atomic E-state index is -0.169. The Morgan fingerprint density at radius 1 is 1.35 bits per heavy atom. The molecule has 2 aromatic heterocycles. The number of hydrogen-bond acceptors (Lipinski definition) is 8. The summed E-state index contributed by atoms with van der Waals surface area (Å²) in [7, 11) is 0. The van der Waals surface area contributed by atoms with Gasteiger partial charge >= 0.3 is 0 Å². The second kappa shape index (κ2) is 6.80. The third kappa shape index (κ3) is 4.01. The van der Waals surface area contributed by atoms with E-state index in [0.717, 1.165) is 5.01 Å². The van der Waals surface area contributed by atoms with Crippen LogP contribution in [0.3, 0.4) is 0 Å². The average molecular weight is 313 g/mol. The molecule has 0 spiro atoms. The highest BCUT2D eigenvalue weighted by atomic mass is 32.2. The summed E-state index contributed by atoms with van der Waals surface area (Å²) in [6.45, 7) is 5.99. The standard InChI is InChI=1S/C11H15N5O2S2/c1-4-8-13-16-11(18-8)19-5-7(17)12-10-15-14-9(20-10)6(2)3/h6H,4-5H2,1-3H3,(H,12,15,17). The maximum atomic E-state index is 11.8. The Balaban J connectivity index is 1.82. The summed E-state index contributed by atoms with van der Waals surface area (Å²) in [6, 6.07) is 0. The van der Waals surface area contributed by atoms with Crippen molar-refractivity contribution in [2.45, 2.75) is 38.3 Å². The van der Waals surface area contributed by atoms with E-state index < -0.39 is 0 Å². The van der Waals surface area contributed by atoms with Crippen molar-refractivity contribution in [2.24, 2.45) is 0 Å². The Morgan fingerprint density at radius 2 is 2.15 bits per heavy atom. The number of aryl methyl sites for hydroxylation is 1. The van der Waals surface area contributed by atoms with Crippen molar-refractivity contribution in [1.29, 1.82) is 0 Å². The number of thioether (sulfide) groups is 1. The van der Waals surface area contributed by atoms with Crippen LogP contribution in [0.4, 0.5) is 5.13 Å². The van der Waals surface area contributed by atoms with E-state index in [1.165, 1.54) is 23.1 Å². The van der Waals surface area contributed by atoms with Gasteiger partial charge in [0.1, 0.15) is 5.01 Å². The summed E-state index contributed by atoms with van der Waals surface area (Å²) in [6.07, 6.45) is 0.683. The average Bonchev–Trinajstić information content (AvgIpc) is 3.04. The molecule has 108 valence electrons. The van der Waals surface area contributed by atoms with Crippen LogP contribution in [0.25, 0.3) is 0 Å². The summed E-state index contributed by atoms with van der Waals surface area (Å²) in [4.78, 5) is 11.8. The molecule has 9 heteroatoms. The molecule has 1 N–H and O–H groups in total. The van der Waals surface area contributed by atoms with Crippen LogP contribution < -0.4 is 5.32 Å². The molecule has 0 aliphatic heterocycles. The van der Waals surface area contributed by atoms with E-state index in [1.54, 1.807) is 0 Å². The highest BCUT2D eigenvalue weighted by molar-refractivity contribution is 7.99. The predicted molar refractivity (Wildman–Crippen MR) is 77.0 cm³/mol. The molecule has 0 bridgehead atoms. The molecular weight excluding hydrogens is 298 g/mol. The van der Waals surface area contributed by atoms with Gasteiger partial charge in [-0.05, 0) is 0 Å². The lowest BCUT2D eigenvalue weighted by Gasteiger charge is -1.98. The van der Waals surface area contributed by atoms with Gasteiger partial charge < -0.3 is 4.42 Å². The van der Waals surface area contributed by atoms with Crippen LogP contribution in [-0.4, -0.2) is 32.1 Å². The Hall–Kier alpha value is -1.48. The summed E-state index contributed by atoms with van der Waals surface area (Å²) < 4.78 is 5.30. The van der Waals surface area contributed by atoms with Crippen molar-refractivity contribution < 1.29 is 9.21 Å². The lowest BCUT2D eigenvalue weighted by Crippen LogP contribution is -2.13. The number of aromatic nitrogens is 4. The quantitative estimate of drug-likeness (QED) is 0.818. The molecule has 2 heterocycles. The highest BCUT2D eigenvalue weighted by Crippen LogP contribution is 2.23. The summed E-state index contributed by atoms with van der Waals surface area (Å²) >= 11 is 2.59. The fraction of sp³-hybridized carbons (Fsp3) is 0.545. The first-order valence-electron chi connectivity index (χ1n) is 6.17. The van der Waals surface area contributed by atoms with Gasteiger partial charge in [-0.25, -0.2) is 0 Å². The Morgan fingerprint density at radius 3 is 2.75 bits per heavy atom. The van der Waals surface area contributed by atoms with Crippen molar-refractivity contribution in [1.82, 2.24) is 20.4 Å². The topological polar surface area (TPSA) is 93.8 Å². The van der Waals surface area contributed by atoms with Gasteiger partial charge in [0.2, 0.25) is 16.9 Å². The first kappa shape index (κ1) is 14.9. The number of anilines is 1. The number of carbonyl (C=O) groups is 1. The molecule has 0 aliphatic rings. The molecule has 0 atom stereocenters. The van der Waals surface area contributed by atoms with Crippen molar-refractivity contribution in [2.75, 3.05) is 11.1 Å². The molecule has 0 aromatic carbocycles. The summed E-state index contributed by atoms with van der Waals surface area (Å²) in [5.41, 5.74) is 0. The van der Waals surface area contributed by atoms with Crippen LogP contribution in [0, 0.1) is 0 Å². The van der Waals surface area contributed by atoms with Crippen molar-refractivity contribution >= 4 is 34.1 Å². The molecule has 20 heavy (non-hydrogen) atoms. The van der Waals surface area contributed by atoms with Gasteiger partial charge in [-0.2, -0.15) is 0 Å². The fourth-order valence-electron chi connectivity index (χ4n) is 1.24. The number of carbonyl (C=O) groups excluding carboxylic acids is 1. The molecule has 2 rings (SSSR count). The second-order valence-corrected chi connectivity index (χ2v) is 6.19. The SMILES string of the molecule is CCc1nnc(SCC(=O)Nc2nnc(C(C)C)s2)o1. The third-order valence-electron chi connectivity index (χ3n) is 2.26. The first-order chi connectivity index (χ1) is 9.58. The molecule has 0 fully saturated rings. The van der Waals surface area contributed by atoms with E-state index in [1.807, 2.05) is 20.8 Å². The lowest BCUT2D eigenvalue weighted by atomic mass is 10.2. The number of nitrogens with zero attached hydrogens (tertiary/aromatic N) is 4. The van der Waals surface area contributed by atoms with Gasteiger partial charge in [0.15, 0.2) is 0 Å². The van der Waals surface area contributed by atoms with Gasteiger partial charge in [0.05, 0.1) is 5.75 Å². The predicted octanol–water partition coefficient (Wildman–Crippen LogP) is 2.34. The smallest absolute Gasteiger partial charge is 0.277 e.